The standard InChI is InChI=1S/C18H25ClN4O/c1-5-22(6-2)11-12-23-18(24)16(13(3)4)20-17(21-23)14-9-7-8-10-15(14)19/h7-10,13H,5-6,11-12H2,1-4H3. The molecule has 0 radical (unpaired) electrons. The van der Waals surface area contributed by atoms with Crippen LogP contribution in [0.2, 0.25) is 5.02 Å². The largest absolute Gasteiger partial charge is 0.302 e. The van der Waals surface area contributed by atoms with Crippen molar-refractivity contribution in [1.82, 2.24) is 19.7 Å². The Morgan fingerprint density at radius 3 is 2.46 bits per heavy atom. The van der Waals surface area contributed by atoms with Crippen LogP contribution in [0.5, 0.6) is 0 Å². The first kappa shape index (κ1) is 18.6. The van der Waals surface area contributed by atoms with Gasteiger partial charge in [0.05, 0.1) is 11.6 Å². The van der Waals surface area contributed by atoms with Gasteiger partial charge in [-0.3, -0.25) is 4.79 Å². The van der Waals surface area contributed by atoms with Gasteiger partial charge in [-0.25, -0.2) is 9.67 Å². The fourth-order valence-corrected chi connectivity index (χ4v) is 2.76. The fraction of sp³-hybridized carbons (Fsp3) is 0.500. The highest BCUT2D eigenvalue weighted by atomic mass is 35.5. The molecule has 0 aliphatic heterocycles. The summed E-state index contributed by atoms with van der Waals surface area (Å²) in [6.07, 6.45) is 0. The maximum absolute atomic E-state index is 12.7. The quantitative estimate of drug-likeness (QED) is 0.769. The molecule has 0 saturated carbocycles. The summed E-state index contributed by atoms with van der Waals surface area (Å²) in [5.41, 5.74) is 1.16. The third kappa shape index (κ3) is 4.22. The molecular formula is C18H25ClN4O. The minimum atomic E-state index is -0.118. The van der Waals surface area contributed by atoms with Crippen LogP contribution in [0.3, 0.4) is 0 Å². The van der Waals surface area contributed by atoms with E-state index in [0.29, 0.717) is 23.1 Å². The van der Waals surface area contributed by atoms with Crippen molar-refractivity contribution >= 4 is 11.6 Å². The van der Waals surface area contributed by atoms with E-state index in [1.54, 1.807) is 6.07 Å². The van der Waals surface area contributed by atoms with Gasteiger partial charge in [0, 0.05) is 18.0 Å². The van der Waals surface area contributed by atoms with E-state index < -0.39 is 0 Å². The van der Waals surface area contributed by atoms with Gasteiger partial charge in [-0.05, 0) is 25.2 Å². The molecule has 1 heterocycles. The molecule has 0 fully saturated rings. The van der Waals surface area contributed by atoms with Crippen molar-refractivity contribution in [3.63, 3.8) is 0 Å². The molecule has 1 aromatic carbocycles. The van der Waals surface area contributed by atoms with Crippen molar-refractivity contribution in [2.45, 2.75) is 40.2 Å². The molecule has 0 saturated heterocycles. The van der Waals surface area contributed by atoms with Crippen molar-refractivity contribution in [2.75, 3.05) is 19.6 Å². The van der Waals surface area contributed by atoms with Gasteiger partial charge in [0.25, 0.3) is 5.56 Å². The molecule has 0 unspecified atom stereocenters. The van der Waals surface area contributed by atoms with E-state index in [9.17, 15) is 4.79 Å². The molecule has 0 aliphatic carbocycles. The van der Waals surface area contributed by atoms with Gasteiger partial charge >= 0.3 is 0 Å². The summed E-state index contributed by atoms with van der Waals surface area (Å²) in [4.78, 5) is 19.4. The lowest BCUT2D eigenvalue weighted by Gasteiger charge is -2.19. The Bertz CT molecular complexity index is 738. The van der Waals surface area contributed by atoms with Crippen LogP contribution in [0, 0.1) is 0 Å². The second-order valence-corrected chi connectivity index (χ2v) is 6.42. The van der Waals surface area contributed by atoms with Gasteiger partial charge in [-0.2, -0.15) is 0 Å². The summed E-state index contributed by atoms with van der Waals surface area (Å²) in [6, 6.07) is 7.44. The Balaban J connectivity index is 2.47. The zero-order chi connectivity index (χ0) is 17.7. The average Bonchev–Trinajstić information content (AvgIpc) is 2.57. The van der Waals surface area contributed by atoms with E-state index in [2.05, 4.69) is 28.8 Å². The summed E-state index contributed by atoms with van der Waals surface area (Å²) in [5, 5.41) is 5.05. The molecular weight excluding hydrogens is 324 g/mol. The highest BCUT2D eigenvalue weighted by molar-refractivity contribution is 6.33. The van der Waals surface area contributed by atoms with Gasteiger partial charge in [0.2, 0.25) is 0 Å². The molecule has 0 bridgehead atoms. The van der Waals surface area contributed by atoms with E-state index in [1.165, 1.54) is 4.68 Å². The maximum Gasteiger partial charge on any atom is 0.288 e. The summed E-state index contributed by atoms with van der Waals surface area (Å²) >= 11 is 6.28. The highest BCUT2D eigenvalue weighted by Crippen LogP contribution is 2.24. The Morgan fingerprint density at radius 2 is 1.88 bits per heavy atom. The Kier molecular flexibility index (Phi) is 6.52. The van der Waals surface area contributed by atoms with E-state index >= 15 is 0 Å². The second-order valence-electron chi connectivity index (χ2n) is 6.01. The van der Waals surface area contributed by atoms with Crippen molar-refractivity contribution in [2.24, 2.45) is 0 Å². The molecule has 0 aliphatic rings. The van der Waals surface area contributed by atoms with Crippen LogP contribution in [-0.2, 0) is 6.54 Å². The van der Waals surface area contributed by atoms with Crippen LogP contribution >= 0.6 is 11.6 Å². The smallest absolute Gasteiger partial charge is 0.288 e. The number of likely N-dealkylation sites (N-methyl/N-ethyl adjacent to an activating group) is 1. The molecule has 0 N–H and O–H groups in total. The SMILES string of the molecule is CCN(CC)CCn1nc(-c2ccccc2Cl)nc(C(C)C)c1=O. The third-order valence-corrected chi connectivity index (χ3v) is 4.41. The summed E-state index contributed by atoms with van der Waals surface area (Å²) in [5.74, 6) is 0.532. The number of rotatable bonds is 7. The number of benzene rings is 1. The minimum Gasteiger partial charge on any atom is -0.302 e. The van der Waals surface area contributed by atoms with Gasteiger partial charge < -0.3 is 4.90 Å². The predicted octanol–water partition coefficient (Wildman–Crippen LogP) is 3.42. The number of hydrogen-bond donors (Lipinski definition) is 0. The number of nitrogens with zero attached hydrogens (tertiary/aromatic N) is 4. The molecule has 0 atom stereocenters. The minimum absolute atomic E-state index is 0.0291. The lowest BCUT2D eigenvalue weighted by atomic mass is 10.1. The highest BCUT2D eigenvalue weighted by Gasteiger charge is 2.16. The topological polar surface area (TPSA) is 51.0 Å². The van der Waals surface area contributed by atoms with Gasteiger partial charge in [0.15, 0.2) is 5.82 Å². The van der Waals surface area contributed by atoms with E-state index in [0.717, 1.165) is 25.2 Å². The Hall–Kier alpha value is -1.72. The zero-order valence-electron chi connectivity index (χ0n) is 14.8. The first-order valence-electron chi connectivity index (χ1n) is 8.44. The lowest BCUT2D eigenvalue weighted by Crippen LogP contribution is -2.34. The van der Waals surface area contributed by atoms with Crippen LogP contribution in [0.1, 0.15) is 39.3 Å². The maximum atomic E-state index is 12.7. The second kappa shape index (κ2) is 8.40. The summed E-state index contributed by atoms with van der Waals surface area (Å²) in [6.45, 7) is 11.4. The number of halogens is 1. The number of hydrogen-bond acceptors (Lipinski definition) is 4. The summed E-state index contributed by atoms with van der Waals surface area (Å²) in [7, 11) is 0. The van der Waals surface area contributed by atoms with Gasteiger partial charge in [-0.15, -0.1) is 5.10 Å². The van der Waals surface area contributed by atoms with Crippen LogP contribution in [0.15, 0.2) is 29.1 Å². The molecule has 2 rings (SSSR count). The molecule has 0 spiro atoms. The first-order valence-corrected chi connectivity index (χ1v) is 8.82. The van der Waals surface area contributed by atoms with Gasteiger partial charge in [-0.1, -0.05) is 51.4 Å². The molecule has 24 heavy (non-hydrogen) atoms. The van der Waals surface area contributed by atoms with Crippen LogP contribution in [-0.4, -0.2) is 39.3 Å². The van der Waals surface area contributed by atoms with Gasteiger partial charge in [0.1, 0.15) is 5.69 Å². The van der Waals surface area contributed by atoms with E-state index in [-0.39, 0.29) is 11.5 Å². The normalized spacial score (nSPS) is 11.5. The molecule has 2 aromatic rings. The van der Waals surface area contributed by atoms with Crippen LogP contribution < -0.4 is 5.56 Å². The monoisotopic (exact) mass is 348 g/mol. The Morgan fingerprint density at radius 1 is 1.21 bits per heavy atom. The van der Waals surface area contributed by atoms with Crippen LogP contribution in [0.25, 0.3) is 11.4 Å². The van der Waals surface area contributed by atoms with E-state index in [1.807, 2.05) is 32.0 Å². The van der Waals surface area contributed by atoms with Crippen molar-refractivity contribution in [1.29, 1.82) is 0 Å². The molecule has 1 aromatic heterocycles. The molecule has 6 heteroatoms. The first-order chi connectivity index (χ1) is 11.5. The molecule has 130 valence electrons. The average molecular weight is 349 g/mol. The molecule has 0 amide bonds. The number of aromatic nitrogens is 3. The molecule has 5 nitrogen and oxygen atoms in total. The predicted molar refractivity (Wildman–Crippen MR) is 98.6 cm³/mol. The lowest BCUT2D eigenvalue weighted by molar-refractivity contribution is 0.282. The van der Waals surface area contributed by atoms with E-state index in [4.69, 9.17) is 11.6 Å². The fourth-order valence-electron chi connectivity index (χ4n) is 2.54. The van der Waals surface area contributed by atoms with Crippen molar-refractivity contribution in [3.05, 3.63) is 45.3 Å². The van der Waals surface area contributed by atoms with Crippen molar-refractivity contribution in [3.8, 4) is 11.4 Å². The third-order valence-electron chi connectivity index (χ3n) is 4.08. The van der Waals surface area contributed by atoms with Crippen LogP contribution in [0.4, 0.5) is 0 Å². The summed E-state index contributed by atoms with van der Waals surface area (Å²) < 4.78 is 1.53. The Labute approximate surface area is 148 Å². The van der Waals surface area contributed by atoms with Crippen molar-refractivity contribution < 1.29 is 0 Å². The zero-order valence-corrected chi connectivity index (χ0v) is 15.5.